The van der Waals surface area contributed by atoms with E-state index in [0.717, 1.165) is 30.2 Å². The molecule has 1 saturated carbocycles. The van der Waals surface area contributed by atoms with Crippen LogP contribution in [0.15, 0.2) is 46.0 Å². The number of hydrogen-bond donors (Lipinski definition) is 2. The van der Waals surface area contributed by atoms with Crippen molar-refractivity contribution in [2.24, 2.45) is 16.3 Å². The van der Waals surface area contributed by atoms with Gasteiger partial charge in [-0.1, -0.05) is 32.0 Å². The van der Waals surface area contributed by atoms with E-state index in [-0.39, 0.29) is 29.4 Å². The second kappa shape index (κ2) is 8.18. The largest absolute Gasteiger partial charge is 0.444 e. The molecule has 2 N–H and O–H groups in total. The summed E-state index contributed by atoms with van der Waals surface area (Å²) in [6.07, 6.45) is 3.17. The van der Waals surface area contributed by atoms with Crippen LogP contribution in [0, 0.1) is 11.3 Å². The van der Waals surface area contributed by atoms with Crippen molar-refractivity contribution in [3.63, 3.8) is 0 Å². The Morgan fingerprint density at radius 1 is 1.30 bits per heavy atom. The van der Waals surface area contributed by atoms with Crippen molar-refractivity contribution in [2.45, 2.75) is 39.0 Å². The van der Waals surface area contributed by atoms with Crippen LogP contribution in [0.5, 0.6) is 0 Å². The second-order valence-electron chi connectivity index (χ2n) is 7.62. The first-order valence-electron chi connectivity index (χ1n) is 9.18. The van der Waals surface area contributed by atoms with Crippen LogP contribution in [0.2, 0.25) is 0 Å². The van der Waals surface area contributed by atoms with Crippen LogP contribution in [0.4, 0.5) is 0 Å². The number of oxazole rings is 1. The summed E-state index contributed by atoms with van der Waals surface area (Å²) < 4.78 is 11.5. The molecule has 7 heteroatoms. The Labute approximate surface area is 177 Å². The van der Waals surface area contributed by atoms with Crippen LogP contribution in [0.25, 0.3) is 11.5 Å². The number of benzene rings is 1. The van der Waals surface area contributed by atoms with Gasteiger partial charge < -0.3 is 19.8 Å². The van der Waals surface area contributed by atoms with Crippen LogP contribution in [-0.2, 0) is 11.3 Å². The molecular weight excluding hydrogens is 455 g/mol. The molecule has 0 radical (unpaired) electrons. The average molecular weight is 482 g/mol. The van der Waals surface area contributed by atoms with Crippen molar-refractivity contribution in [1.82, 2.24) is 15.6 Å². The number of nitrogens with zero attached hydrogens (tertiary/aromatic N) is 2. The highest BCUT2D eigenvalue weighted by atomic mass is 127. The van der Waals surface area contributed by atoms with E-state index in [2.05, 4.69) is 34.5 Å². The smallest absolute Gasteiger partial charge is 0.226 e. The zero-order valence-corrected chi connectivity index (χ0v) is 18.3. The Hall–Kier alpha value is -1.61. The molecule has 2 heterocycles. The van der Waals surface area contributed by atoms with Gasteiger partial charge in [0.1, 0.15) is 6.26 Å². The van der Waals surface area contributed by atoms with Crippen LogP contribution in [0.3, 0.4) is 0 Å². The summed E-state index contributed by atoms with van der Waals surface area (Å²) in [5.74, 6) is 1.99. The summed E-state index contributed by atoms with van der Waals surface area (Å²) in [6, 6.07) is 10.3. The highest BCUT2D eigenvalue weighted by Crippen LogP contribution is 2.52. The van der Waals surface area contributed by atoms with Gasteiger partial charge in [0.2, 0.25) is 5.89 Å². The van der Waals surface area contributed by atoms with Crippen molar-refractivity contribution in [2.75, 3.05) is 13.7 Å². The van der Waals surface area contributed by atoms with Gasteiger partial charge in [-0.25, -0.2) is 4.98 Å². The van der Waals surface area contributed by atoms with E-state index >= 15 is 0 Å². The average Bonchev–Trinajstić information content (AvgIpc) is 3.31. The summed E-state index contributed by atoms with van der Waals surface area (Å²) >= 11 is 0. The Kier molecular flexibility index (Phi) is 6.10. The van der Waals surface area contributed by atoms with Crippen molar-refractivity contribution in [1.29, 1.82) is 0 Å². The molecule has 3 atom stereocenters. The van der Waals surface area contributed by atoms with E-state index < -0.39 is 0 Å². The molecule has 1 aliphatic heterocycles. The highest BCUT2D eigenvalue weighted by Gasteiger charge is 2.59. The van der Waals surface area contributed by atoms with Gasteiger partial charge in [0, 0.05) is 36.6 Å². The predicted octanol–water partition coefficient (Wildman–Crippen LogP) is 3.44. The highest BCUT2D eigenvalue weighted by molar-refractivity contribution is 14.0. The number of nitrogens with one attached hydrogen (secondary N) is 2. The minimum absolute atomic E-state index is 0. The molecule has 27 heavy (non-hydrogen) atoms. The molecule has 2 aromatic rings. The standard InChI is InChI=1S/C20H26N4O2.HI/c1-20(2)16(15-9-10-25-17(15)20)24-19(21-3)22-11-14-12-26-18(23-14)13-7-5-4-6-8-13;/h4-8,12,15-17H,9-11H2,1-3H3,(H2,21,22,24);1H. The maximum Gasteiger partial charge on any atom is 0.226 e. The van der Waals surface area contributed by atoms with E-state index in [4.69, 9.17) is 9.15 Å². The van der Waals surface area contributed by atoms with E-state index in [1.807, 2.05) is 30.3 Å². The van der Waals surface area contributed by atoms with Crippen molar-refractivity contribution < 1.29 is 9.15 Å². The van der Waals surface area contributed by atoms with E-state index in [0.29, 0.717) is 30.5 Å². The SMILES string of the molecule is CN=C(NCc1coc(-c2ccccc2)n1)NC1C2CCOC2C1(C)C.I. The van der Waals surface area contributed by atoms with Gasteiger partial charge in [-0.15, -0.1) is 24.0 Å². The molecule has 0 amide bonds. The third-order valence-corrected chi connectivity index (χ3v) is 5.63. The lowest BCUT2D eigenvalue weighted by Crippen LogP contribution is -2.67. The first kappa shape index (κ1) is 20.1. The number of guanidine groups is 1. The lowest BCUT2D eigenvalue weighted by molar-refractivity contribution is -0.106. The van der Waals surface area contributed by atoms with Crippen LogP contribution < -0.4 is 10.6 Å². The fourth-order valence-electron chi connectivity index (χ4n) is 4.23. The van der Waals surface area contributed by atoms with Gasteiger partial charge in [-0.2, -0.15) is 0 Å². The molecule has 0 spiro atoms. The van der Waals surface area contributed by atoms with Crippen LogP contribution in [-0.4, -0.2) is 36.7 Å². The van der Waals surface area contributed by atoms with Crippen molar-refractivity contribution in [3.8, 4) is 11.5 Å². The van der Waals surface area contributed by atoms with Gasteiger partial charge >= 0.3 is 0 Å². The summed E-state index contributed by atoms with van der Waals surface area (Å²) in [5, 5.41) is 6.92. The van der Waals surface area contributed by atoms with Crippen LogP contribution in [0.1, 0.15) is 26.0 Å². The number of halogens is 1. The Morgan fingerprint density at radius 3 is 2.81 bits per heavy atom. The lowest BCUT2D eigenvalue weighted by Gasteiger charge is -2.54. The maximum atomic E-state index is 5.86. The third kappa shape index (κ3) is 3.85. The lowest BCUT2D eigenvalue weighted by atomic mass is 9.57. The fraction of sp³-hybridized carbons (Fsp3) is 0.500. The molecule has 1 saturated heterocycles. The normalized spacial score (nSPS) is 25.9. The van der Waals surface area contributed by atoms with Gasteiger partial charge in [0.05, 0.1) is 18.3 Å². The summed E-state index contributed by atoms with van der Waals surface area (Å²) in [5.41, 5.74) is 1.94. The summed E-state index contributed by atoms with van der Waals surface area (Å²) in [6.45, 7) is 5.94. The molecule has 1 aromatic heterocycles. The molecule has 1 aliphatic carbocycles. The summed E-state index contributed by atoms with van der Waals surface area (Å²) in [4.78, 5) is 8.91. The van der Waals surface area contributed by atoms with E-state index in [1.165, 1.54) is 0 Å². The van der Waals surface area contributed by atoms with Crippen molar-refractivity contribution >= 4 is 29.9 Å². The fourth-order valence-corrected chi connectivity index (χ4v) is 4.23. The monoisotopic (exact) mass is 482 g/mol. The third-order valence-electron chi connectivity index (χ3n) is 5.63. The number of ether oxygens (including phenoxy) is 1. The minimum Gasteiger partial charge on any atom is -0.444 e. The van der Waals surface area contributed by atoms with Gasteiger partial charge in [-0.05, 0) is 18.6 Å². The van der Waals surface area contributed by atoms with Gasteiger partial charge in [0.25, 0.3) is 0 Å². The quantitative estimate of drug-likeness (QED) is 0.397. The molecule has 146 valence electrons. The molecule has 2 aliphatic rings. The first-order chi connectivity index (χ1) is 12.6. The van der Waals surface area contributed by atoms with Gasteiger partial charge in [0.15, 0.2) is 5.96 Å². The Morgan fingerprint density at radius 2 is 2.07 bits per heavy atom. The molecule has 1 aromatic carbocycles. The van der Waals surface area contributed by atoms with Crippen molar-refractivity contribution in [3.05, 3.63) is 42.3 Å². The van der Waals surface area contributed by atoms with Crippen LogP contribution >= 0.6 is 24.0 Å². The molecule has 2 fully saturated rings. The number of fused-ring (bicyclic) bond motifs is 1. The van der Waals surface area contributed by atoms with E-state index in [1.54, 1.807) is 13.3 Å². The number of aromatic nitrogens is 1. The number of hydrogen-bond acceptors (Lipinski definition) is 4. The zero-order chi connectivity index (χ0) is 18.1. The molecular formula is C20H27IN4O2. The first-order valence-corrected chi connectivity index (χ1v) is 9.18. The zero-order valence-electron chi connectivity index (χ0n) is 15.9. The second-order valence-corrected chi connectivity index (χ2v) is 7.62. The molecule has 3 unspecified atom stereocenters. The number of aliphatic imine (C=N–C) groups is 1. The molecule has 0 bridgehead atoms. The topological polar surface area (TPSA) is 71.7 Å². The van der Waals surface area contributed by atoms with Gasteiger partial charge in [-0.3, -0.25) is 4.99 Å². The minimum atomic E-state index is 0. The maximum absolute atomic E-state index is 5.86. The predicted molar refractivity (Wildman–Crippen MR) is 116 cm³/mol. The Bertz CT molecular complexity index is 790. The molecule has 4 rings (SSSR count). The Balaban J connectivity index is 0.00000210. The summed E-state index contributed by atoms with van der Waals surface area (Å²) in [7, 11) is 1.79. The van der Waals surface area contributed by atoms with E-state index in [9.17, 15) is 0 Å². The number of rotatable bonds is 4. The molecule has 6 nitrogen and oxygen atoms in total.